The summed E-state index contributed by atoms with van der Waals surface area (Å²) < 4.78 is 0. The summed E-state index contributed by atoms with van der Waals surface area (Å²) in [5.41, 5.74) is 2.21. The fourth-order valence-electron chi connectivity index (χ4n) is 1.47. The first-order chi connectivity index (χ1) is 7.42. The molecule has 0 N–H and O–H groups in total. The zero-order valence-corrected chi connectivity index (χ0v) is 11.9. The van der Waals surface area contributed by atoms with Crippen LogP contribution in [0.5, 0.6) is 0 Å². The predicted molar refractivity (Wildman–Crippen MR) is 73.8 cm³/mol. The Morgan fingerprint density at radius 2 is 1.94 bits per heavy atom. The van der Waals surface area contributed by atoms with E-state index < -0.39 is 0 Å². The van der Waals surface area contributed by atoms with Crippen LogP contribution < -0.4 is 4.90 Å². The number of halogens is 2. The molecule has 0 bridgehead atoms. The highest BCUT2D eigenvalue weighted by atomic mass is 35.5. The van der Waals surface area contributed by atoms with Crippen LogP contribution in [0, 0.1) is 0 Å². The molecule has 0 fully saturated rings. The fraction of sp³-hybridized carbons (Fsp3) is 0.538. The summed E-state index contributed by atoms with van der Waals surface area (Å²) in [6.07, 6.45) is 1.07. The van der Waals surface area contributed by atoms with Gasteiger partial charge in [-0.15, -0.1) is 11.6 Å². The van der Waals surface area contributed by atoms with Gasteiger partial charge in [-0.1, -0.05) is 24.6 Å². The van der Waals surface area contributed by atoms with Crippen molar-refractivity contribution in [1.82, 2.24) is 0 Å². The third kappa shape index (κ3) is 2.83. The molecule has 0 radical (unpaired) electrons. The van der Waals surface area contributed by atoms with Crippen LogP contribution in [0.1, 0.15) is 32.8 Å². The molecule has 1 aromatic carbocycles. The molecule has 0 saturated heterocycles. The lowest BCUT2D eigenvalue weighted by molar-refractivity contribution is 0.471. The first kappa shape index (κ1) is 13.7. The Balaban J connectivity index is 3.05. The number of alkyl halides is 1. The highest BCUT2D eigenvalue weighted by Gasteiger charge is 2.22. The molecule has 1 aromatic rings. The van der Waals surface area contributed by atoms with Crippen LogP contribution in [0.4, 0.5) is 5.69 Å². The van der Waals surface area contributed by atoms with E-state index in [1.165, 1.54) is 0 Å². The van der Waals surface area contributed by atoms with E-state index in [1.807, 2.05) is 18.2 Å². The molecule has 0 aliphatic heterocycles. The maximum Gasteiger partial charge on any atom is 0.0642 e. The van der Waals surface area contributed by atoms with Gasteiger partial charge in [0.05, 0.1) is 10.7 Å². The number of benzene rings is 1. The third-order valence-corrected chi connectivity index (χ3v) is 3.91. The van der Waals surface area contributed by atoms with Crippen LogP contribution in [0.25, 0.3) is 0 Å². The average Bonchev–Trinajstić information content (AvgIpc) is 2.28. The monoisotopic (exact) mass is 259 g/mol. The Morgan fingerprint density at radius 1 is 1.31 bits per heavy atom. The van der Waals surface area contributed by atoms with Crippen molar-refractivity contribution < 1.29 is 0 Å². The molecular formula is C13H19Cl2N. The molecule has 0 heterocycles. The number of anilines is 1. The van der Waals surface area contributed by atoms with Gasteiger partial charge in [0.1, 0.15) is 0 Å². The van der Waals surface area contributed by atoms with Crippen LogP contribution in [0.15, 0.2) is 18.2 Å². The van der Waals surface area contributed by atoms with Crippen molar-refractivity contribution >= 4 is 28.9 Å². The van der Waals surface area contributed by atoms with E-state index in [9.17, 15) is 0 Å². The van der Waals surface area contributed by atoms with E-state index in [1.54, 1.807) is 0 Å². The smallest absolute Gasteiger partial charge is 0.0642 e. The standard InChI is InChI=1S/C13H19Cl2N/c1-5-13(2,3)16(4)12-7-6-10(9-14)8-11(12)15/h6-8H,5,9H2,1-4H3. The van der Waals surface area contributed by atoms with Gasteiger partial charge in [-0.2, -0.15) is 0 Å². The second kappa shape index (κ2) is 5.29. The summed E-state index contributed by atoms with van der Waals surface area (Å²) in [6.45, 7) is 6.59. The molecule has 3 heteroatoms. The van der Waals surface area contributed by atoms with Crippen molar-refractivity contribution in [2.45, 2.75) is 38.6 Å². The largest absolute Gasteiger partial charge is 0.368 e. The molecule has 0 aliphatic carbocycles. The van der Waals surface area contributed by atoms with Crippen molar-refractivity contribution in [2.24, 2.45) is 0 Å². The van der Waals surface area contributed by atoms with Crippen molar-refractivity contribution in [2.75, 3.05) is 11.9 Å². The van der Waals surface area contributed by atoms with Gasteiger partial charge in [-0.25, -0.2) is 0 Å². The van der Waals surface area contributed by atoms with E-state index in [-0.39, 0.29) is 5.54 Å². The van der Waals surface area contributed by atoms with E-state index >= 15 is 0 Å². The molecule has 0 unspecified atom stereocenters. The molecule has 1 rings (SSSR count). The predicted octanol–water partition coefficient (Wildman–Crippen LogP) is 4.70. The van der Waals surface area contributed by atoms with E-state index in [2.05, 4.69) is 32.7 Å². The minimum atomic E-state index is 0.103. The van der Waals surface area contributed by atoms with E-state index in [4.69, 9.17) is 23.2 Å². The van der Waals surface area contributed by atoms with Crippen molar-refractivity contribution in [3.8, 4) is 0 Å². The van der Waals surface area contributed by atoms with Crippen LogP contribution in [0.2, 0.25) is 5.02 Å². The summed E-state index contributed by atoms with van der Waals surface area (Å²) in [7, 11) is 2.07. The lowest BCUT2D eigenvalue weighted by Crippen LogP contribution is -2.40. The minimum absolute atomic E-state index is 0.103. The van der Waals surface area contributed by atoms with Crippen molar-refractivity contribution in [3.63, 3.8) is 0 Å². The second-order valence-electron chi connectivity index (χ2n) is 4.64. The van der Waals surface area contributed by atoms with Gasteiger partial charge in [0.15, 0.2) is 0 Å². The molecular weight excluding hydrogens is 241 g/mol. The summed E-state index contributed by atoms with van der Waals surface area (Å²) >= 11 is 12.0. The normalized spacial score (nSPS) is 11.6. The molecule has 0 spiro atoms. The Morgan fingerprint density at radius 3 is 2.38 bits per heavy atom. The highest BCUT2D eigenvalue weighted by Crippen LogP contribution is 2.32. The van der Waals surface area contributed by atoms with Gasteiger partial charge in [-0.3, -0.25) is 0 Å². The van der Waals surface area contributed by atoms with E-state index in [0.717, 1.165) is 22.7 Å². The maximum atomic E-state index is 6.27. The van der Waals surface area contributed by atoms with E-state index in [0.29, 0.717) is 5.88 Å². The quantitative estimate of drug-likeness (QED) is 0.709. The molecule has 1 nitrogen and oxygen atoms in total. The lowest BCUT2D eigenvalue weighted by atomic mass is 9.99. The molecule has 0 saturated carbocycles. The van der Waals surface area contributed by atoms with Crippen LogP contribution >= 0.6 is 23.2 Å². The highest BCUT2D eigenvalue weighted by molar-refractivity contribution is 6.33. The van der Waals surface area contributed by atoms with Crippen molar-refractivity contribution in [3.05, 3.63) is 28.8 Å². The second-order valence-corrected chi connectivity index (χ2v) is 5.32. The molecule has 0 amide bonds. The maximum absolute atomic E-state index is 6.27. The van der Waals surface area contributed by atoms with Crippen LogP contribution in [0.3, 0.4) is 0 Å². The van der Waals surface area contributed by atoms with Gasteiger partial charge in [0.2, 0.25) is 0 Å². The molecule has 0 atom stereocenters. The molecule has 0 aromatic heterocycles. The Bertz CT molecular complexity index is 361. The number of rotatable bonds is 4. The lowest BCUT2D eigenvalue weighted by Gasteiger charge is -2.37. The van der Waals surface area contributed by atoms with Crippen molar-refractivity contribution in [1.29, 1.82) is 0 Å². The molecule has 90 valence electrons. The summed E-state index contributed by atoms with van der Waals surface area (Å²) in [5, 5.41) is 0.766. The number of hydrogen-bond donors (Lipinski definition) is 0. The molecule has 16 heavy (non-hydrogen) atoms. The zero-order chi connectivity index (χ0) is 12.3. The first-order valence-electron chi connectivity index (χ1n) is 5.50. The van der Waals surface area contributed by atoms with Crippen LogP contribution in [-0.2, 0) is 5.88 Å². The SMILES string of the molecule is CCC(C)(C)N(C)c1ccc(CCl)cc1Cl. The van der Waals surface area contributed by atoms with Gasteiger partial charge >= 0.3 is 0 Å². The Labute approximate surface area is 108 Å². The summed E-state index contributed by atoms with van der Waals surface area (Å²) in [4.78, 5) is 2.22. The summed E-state index contributed by atoms with van der Waals surface area (Å²) in [5.74, 6) is 0.501. The topological polar surface area (TPSA) is 3.24 Å². The van der Waals surface area contributed by atoms with Gasteiger partial charge in [-0.05, 0) is 38.0 Å². The van der Waals surface area contributed by atoms with Crippen LogP contribution in [-0.4, -0.2) is 12.6 Å². The number of nitrogens with zero attached hydrogens (tertiary/aromatic N) is 1. The first-order valence-corrected chi connectivity index (χ1v) is 6.42. The van der Waals surface area contributed by atoms with Gasteiger partial charge in [0, 0.05) is 18.5 Å². The zero-order valence-electron chi connectivity index (χ0n) is 10.3. The minimum Gasteiger partial charge on any atom is -0.368 e. The third-order valence-electron chi connectivity index (χ3n) is 3.30. The molecule has 0 aliphatic rings. The Kier molecular flexibility index (Phi) is 4.52. The van der Waals surface area contributed by atoms with Gasteiger partial charge < -0.3 is 4.90 Å². The Hall–Kier alpha value is -0.400. The average molecular weight is 260 g/mol. The fourth-order valence-corrected chi connectivity index (χ4v) is 1.96. The van der Waals surface area contributed by atoms with Gasteiger partial charge in [0.25, 0.3) is 0 Å². The number of hydrogen-bond acceptors (Lipinski definition) is 1. The summed E-state index contributed by atoms with van der Waals surface area (Å²) in [6, 6.07) is 6.00.